The van der Waals surface area contributed by atoms with Crippen LogP contribution in [0.1, 0.15) is 75.4 Å². The summed E-state index contributed by atoms with van der Waals surface area (Å²) in [6, 6.07) is 4.56. The lowest BCUT2D eigenvalue weighted by atomic mass is 9.93. The highest BCUT2D eigenvalue weighted by atomic mass is 15.0. The molecule has 0 bridgehead atoms. The first-order chi connectivity index (χ1) is 14.2. The Morgan fingerprint density at radius 2 is 1.57 bits per heavy atom. The van der Waals surface area contributed by atoms with Crippen molar-refractivity contribution in [3.8, 4) is 11.4 Å². The molecule has 2 heteroatoms. The lowest BCUT2D eigenvalue weighted by Crippen LogP contribution is -2.37. The maximum Gasteiger partial charge on any atom is 0.234 e. The maximum absolute atomic E-state index is 4.80. The second kappa shape index (κ2) is 10.0. The van der Waals surface area contributed by atoms with Gasteiger partial charge in [-0.25, -0.2) is 4.98 Å². The third kappa shape index (κ3) is 4.80. The van der Waals surface area contributed by atoms with Gasteiger partial charge in [0, 0.05) is 23.4 Å². The number of pyridine rings is 2. The van der Waals surface area contributed by atoms with Crippen LogP contribution < -0.4 is 4.57 Å². The molecular formula is C28H39N2+. The van der Waals surface area contributed by atoms with E-state index in [9.17, 15) is 0 Å². The lowest BCUT2D eigenvalue weighted by molar-refractivity contribution is -0.663. The molecule has 0 saturated carbocycles. The van der Waals surface area contributed by atoms with Gasteiger partial charge in [0.1, 0.15) is 12.7 Å². The fraction of sp³-hybridized carbons (Fsp3) is 0.429. The molecule has 0 unspecified atom stereocenters. The van der Waals surface area contributed by atoms with Crippen LogP contribution in [0.15, 0.2) is 47.2 Å². The number of hydrogen-bond acceptors (Lipinski definition) is 1. The Hall–Kier alpha value is -2.48. The SMILES string of the molecule is CC=C(C)C(C)=CC(=C(CC)CC)c1cc(C)c(C)c(-c2cc(C)c(C)cn2)[n+]1C. The lowest BCUT2D eigenvalue weighted by Gasteiger charge is -2.15. The van der Waals surface area contributed by atoms with E-state index in [1.807, 2.05) is 6.20 Å². The van der Waals surface area contributed by atoms with E-state index in [2.05, 4.69) is 98.2 Å². The molecule has 2 heterocycles. The van der Waals surface area contributed by atoms with E-state index in [1.54, 1.807) is 0 Å². The highest BCUT2D eigenvalue weighted by molar-refractivity contribution is 5.76. The van der Waals surface area contributed by atoms with Gasteiger partial charge in [-0.05, 0) is 95.7 Å². The average Bonchev–Trinajstić information content (AvgIpc) is 2.72. The molecule has 2 aromatic heterocycles. The Morgan fingerprint density at radius 1 is 0.933 bits per heavy atom. The molecule has 0 aliphatic carbocycles. The van der Waals surface area contributed by atoms with Gasteiger partial charge in [0.25, 0.3) is 0 Å². The zero-order chi connectivity index (χ0) is 22.6. The molecule has 2 nitrogen and oxygen atoms in total. The van der Waals surface area contributed by atoms with Crippen LogP contribution in [0, 0.1) is 27.7 Å². The monoisotopic (exact) mass is 403 g/mol. The van der Waals surface area contributed by atoms with E-state index in [1.165, 1.54) is 55.9 Å². The van der Waals surface area contributed by atoms with Crippen LogP contribution in [-0.4, -0.2) is 4.98 Å². The molecule has 2 rings (SSSR count). The molecule has 0 amide bonds. The Balaban J connectivity index is 2.89. The fourth-order valence-electron chi connectivity index (χ4n) is 3.89. The number of rotatable bonds is 6. The Labute approximate surface area is 184 Å². The molecule has 0 N–H and O–H groups in total. The second-order valence-corrected chi connectivity index (χ2v) is 8.42. The smallest absolute Gasteiger partial charge is 0.234 e. The highest BCUT2D eigenvalue weighted by Crippen LogP contribution is 2.30. The zero-order valence-electron chi connectivity index (χ0n) is 20.7. The Kier molecular flexibility index (Phi) is 7.95. The molecular weight excluding hydrogens is 364 g/mol. The van der Waals surface area contributed by atoms with Gasteiger partial charge in [0.15, 0.2) is 0 Å². The van der Waals surface area contributed by atoms with E-state index in [4.69, 9.17) is 4.98 Å². The van der Waals surface area contributed by atoms with Crippen molar-refractivity contribution in [3.63, 3.8) is 0 Å². The number of aromatic nitrogens is 2. The van der Waals surface area contributed by atoms with Crippen LogP contribution in [0.4, 0.5) is 0 Å². The summed E-state index contributed by atoms with van der Waals surface area (Å²) >= 11 is 0. The van der Waals surface area contributed by atoms with Crippen molar-refractivity contribution >= 4 is 5.57 Å². The van der Waals surface area contributed by atoms with E-state index < -0.39 is 0 Å². The van der Waals surface area contributed by atoms with Gasteiger partial charge in [-0.15, -0.1) is 0 Å². The quantitative estimate of drug-likeness (QED) is 0.365. The molecule has 0 spiro atoms. The van der Waals surface area contributed by atoms with Gasteiger partial charge in [0.2, 0.25) is 11.4 Å². The first-order valence-electron chi connectivity index (χ1n) is 11.1. The van der Waals surface area contributed by atoms with Gasteiger partial charge >= 0.3 is 0 Å². The van der Waals surface area contributed by atoms with E-state index in [-0.39, 0.29) is 0 Å². The topological polar surface area (TPSA) is 16.8 Å². The summed E-state index contributed by atoms with van der Waals surface area (Å²) < 4.78 is 2.34. The first kappa shape index (κ1) is 23.8. The molecule has 30 heavy (non-hydrogen) atoms. The minimum atomic E-state index is 1.04. The van der Waals surface area contributed by atoms with Crippen LogP contribution in [0.2, 0.25) is 0 Å². The van der Waals surface area contributed by atoms with Crippen molar-refractivity contribution < 1.29 is 4.57 Å². The normalized spacial score (nSPS) is 12.3. The number of allylic oxidation sites excluding steroid dienone is 6. The predicted molar refractivity (Wildman–Crippen MR) is 130 cm³/mol. The first-order valence-corrected chi connectivity index (χ1v) is 11.1. The fourth-order valence-corrected chi connectivity index (χ4v) is 3.89. The third-order valence-corrected chi connectivity index (χ3v) is 6.54. The number of aryl methyl sites for hydroxylation is 3. The van der Waals surface area contributed by atoms with Crippen LogP contribution in [-0.2, 0) is 7.05 Å². The molecule has 0 fully saturated rings. The molecule has 0 radical (unpaired) electrons. The third-order valence-electron chi connectivity index (χ3n) is 6.54. The van der Waals surface area contributed by atoms with Gasteiger partial charge in [-0.2, -0.15) is 4.57 Å². The molecule has 0 atom stereocenters. The molecule has 0 saturated heterocycles. The minimum absolute atomic E-state index is 1.04. The summed E-state index contributed by atoms with van der Waals surface area (Å²) in [5.74, 6) is 0. The van der Waals surface area contributed by atoms with Crippen LogP contribution >= 0.6 is 0 Å². The van der Waals surface area contributed by atoms with Crippen molar-refractivity contribution in [1.29, 1.82) is 0 Å². The summed E-state index contributed by atoms with van der Waals surface area (Å²) in [7, 11) is 2.18. The van der Waals surface area contributed by atoms with Gasteiger partial charge in [-0.1, -0.05) is 31.1 Å². The highest BCUT2D eigenvalue weighted by Gasteiger charge is 2.24. The molecule has 0 aliphatic rings. The van der Waals surface area contributed by atoms with E-state index in [0.717, 1.165) is 18.5 Å². The molecule has 0 aliphatic heterocycles. The zero-order valence-corrected chi connectivity index (χ0v) is 20.7. The summed E-state index contributed by atoms with van der Waals surface area (Å²) in [5, 5.41) is 0. The average molecular weight is 404 g/mol. The standard InChI is InChI=1S/C28H39N2/c1-11-18(4)19(5)14-25(24(12-2)13-3)27-16-21(7)23(9)28(30(27)10)26-15-20(6)22(8)17-29-26/h11,14-17H,12-13H2,1-10H3/q+1. The van der Waals surface area contributed by atoms with Crippen molar-refractivity contribution in [3.05, 3.63) is 75.1 Å². The van der Waals surface area contributed by atoms with Crippen molar-refractivity contribution in [2.45, 2.75) is 75.2 Å². The van der Waals surface area contributed by atoms with Crippen LogP contribution in [0.5, 0.6) is 0 Å². The van der Waals surface area contributed by atoms with E-state index in [0.29, 0.717) is 0 Å². The molecule has 2 aromatic rings. The Bertz CT molecular complexity index is 1030. The molecule has 160 valence electrons. The number of nitrogens with zero attached hydrogens (tertiary/aromatic N) is 2. The van der Waals surface area contributed by atoms with Crippen LogP contribution in [0.25, 0.3) is 17.0 Å². The minimum Gasteiger partial charge on any atom is -0.250 e. The van der Waals surface area contributed by atoms with Crippen LogP contribution in [0.3, 0.4) is 0 Å². The predicted octanol–water partition coefficient (Wildman–Crippen LogP) is 7.29. The van der Waals surface area contributed by atoms with E-state index >= 15 is 0 Å². The Morgan fingerprint density at radius 3 is 2.10 bits per heavy atom. The van der Waals surface area contributed by atoms with Crippen molar-refractivity contribution in [1.82, 2.24) is 4.98 Å². The van der Waals surface area contributed by atoms with Gasteiger partial charge in [0.05, 0.1) is 0 Å². The van der Waals surface area contributed by atoms with Gasteiger partial charge in [-0.3, -0.25) is 0 Å². The summed E-state index contributed by atoms with van der Waals surface area (Å²) in [4.78, 5) is 4.80. The summed E-state index contributed by atoms with van der Waals surface area (Å²) in [6.45, 7) is 19.7. The maximum atomic E-state index is 4.80. The molecule has 0 aromatic carbocycles. The van der Waals surface area contributed by atoms with Crippen molar-refractivity contribution in [2.75, 3.05) is 0 Å². The summed E-state index contributed by atoms with van der Waals surface area (Å²) in [6.07, 6.45) is 8.65. The van der Waals surface area contributed by atoms with Gasteiger partial charge < -0.3 is 0 Å². The number of hydrogen-bond donors (Lipinski definition) is 0. The van der Waals surface area contributed by atoms with Crippen molar-refractivity contribution in [2.24, 2.45) is 7.05 Å². The largest absolute Gasteiger partial charge is 0.250 e. The summed E-state index contributed by atoms with van der Waals surface area (Å²) in [5.41, 5.74) is 14.1. The second-order valence-electron chi connectivity index (χ2n) is 8.42.